The number of hydrogen-bond donors (Lipinski definition) is 2. The van der Waals surface area contributed by atoms with Crippen molar-refractivity contribution in [3.63, 3.8) is 0 Å². The molecule has 0 radical (unpaired) electrons. The van der Waals surface area contributed by atoms with Crippen LogP contribution in [-0.4, -0.2) is 29.9 Å². The first kappa shape index (κ1) is 16.0. The number of para-hydroxylation sites is 1. The van der Waals surface area contributed by atoms with E-state index in [-0.39, 0.29) is 11.8 Å². The van der Waals surface area contributed by atoms with E-state index in [0.717, 1.165) is 4.88 Å². The third-order valence-electron chi connectivity index (χ3n) is 2.94. The Kier molecular flexibility index (Phi) is 5.11. The maximum absolute atomic E-state index is 12.2. The van der Waals surface area contributed by atoms with Gasteiger partial charge < -0.3 is 15.4 Å². The van der Waals surface area contributed by atoms with E-state index in [0.29, 0.717) is 16.4 Å². The van der Waals surface area contributed by atoms with Crippen LogP contribution in [0.5, 0.6) is 5.75 Å². The highest BCUT2D eigenvalue weighted by Gasteiger charge is 2.19. The molecule has 1 aromatic carbocycles. The minimum atomic E-state index is -0.693. The van der Waals surface area contributed by atoms with Gasteiger partial charge in [-0.15, -0.1) is 11.3 Å². The van der Waals surface area contributed by atoms with E-state index in [1.807, 2.05) is 6.92 Å². The van der Waals surface area contributed by atoms with Crippen LogP contribution in [0.4, 0.5) is 5.13 Å². The van der Waals surface area contributed by atoms with E-state index in [4.69, 9.17) is 4.74 Å². The Labute approximate surface area is 132 Å². The molecule has 0 aliphatic rings. The van der Waals surface area contributed by atoms with Gasteiger partial charge in [0.15, 0.2) is 5.13 Å². The average Bonchev–Trinajstić information content (AvgIpc) is 2.92. The molecule has 0 bridgehead atoms. The molecular formula is C15H17N3O3S. The van der Waals surface area contributed by atoms with E-state index in [1.54, 1.807) is 37.4 Å². The fourth-order valence-corrected chi connectivity index (χ4v) is 2.47. The second-order valence-electron chi connectivity index (χ2n) is 4.66. The van der Waals surface area contributed by atoms with Crippen molar-refractivity contribution >= 4 is 28.3 Å². The summed E-state index contributed by atoms with van der Waals surface area (Å²) in [6, 6.07) is 6.15. The van der Waals surface area contributed by atoms with Gasteiger partial charge in [-0.05, 0) is 26.0 Å². The maximum atomic E-state index is 12.2. The smallest absolute Gasteiger partial charge is 0.255 e. The number of aromatic nitrogens is 1. The van der Waals surface area contributed by atoms with E-state index in [9.17, 15) is 9.59 Å². The summed E-state index contributed by atoms with van der Waals surface area (Å²) in [4.78, 5) is 29.3. The number of aryl methyl sites for hydroxylation is 1. The van der Waals surface area contributed by atoms with Crippen LogP contribution in [0, 0.1) is 6.92 Å². The third kappa shape index (κ3) is 3.82. The number of amides is 2. The Bertz CT molecular complexity index is 684. The van der Waals surface area contributed by atoms with Crippen molar-refractivity contribution < 1.29 is 14.3 Å². The number of carbonyl (C=O) groups excluding carboxylic acids is 2. The molecule has 0 saturated heterocycles. The summed E-state index contributed by atoms with van der Waals surface area (Å²) in [7, 11) is 1.49. The van der Waals surface area contributed by atoms with Crippen LogP contribution in [-0.2, 0) is 4.79 Å². The second kappa shape index (κ2) is 7.04. The molecule has 22 heavy (non-hydrogen) atoms. The van der Waals surface area contributed by atoms with Gasteiger partial charge in [-0.1, -0.05) is 12.1 Å². The van der Waals surface area contributed by atoms with Gasteiger partial charge in [-0.3, -0.25) is 9.59 Å². The number of ether oxygens (including phenoxy) is 1. The Hall–Kier alpha value is -2.41. The van der Waals surface area contributed by atoms with E-state index in [1.165, 1.54) is 18.4 Å². The molecule has 1 atom stereocenters. The fraction of sp³-hybridized carbons (Fsp3) is 0.267. The minimum absolute atomic E-state index is 0.322. The molecule has 116 valence electrons. The second-order valence-corrected chi connectivity index (χ2v) is 5.90. The lowest BCUT2D eigenvalue weighted by molar-refractivity contribution is -0.117. The topological polar surface area (TPSA) is 80.3 Å². The predicted octanol–water partition coefficient (Wildman–Crippen LogP) is 2.22. The van der Waals surface area contributed by atoms with E-state index < -0.39 is 6.04 Å². The van der Waals surface area contributed by atoms with Crippen LogP contribution in [0.2, 0.25) is 0 Å². The first-order chi connectivity index (χ1) is 10.5. The zero-order chi connectivity index (χ0) is 16.1. The van der Waals surface area contributed by atoms with Gasteiger partial charge in [0.25, 0.3) is 5.91 Å². The molecule has 0 spiro atoms. The number of thiazole rings is 1. The van der Waals surface area contributed by atoms with Crippen molar-refractivity contribution in [3.05, 3.63) is 40.9 Å². The number of methoxy groups -OCH3 is 1. The largest absolute Gasteiger partial charge is 0.496 e. The van der Waals surface area contributed by atoms with E-state index in [2.05, 4.69) is 15.6 Å². The number of nitrogens with one attached hydrogen (secondary N) is 2. The highest BCUT2D eigenvalue weighted by Crippen LogP contribution is 2.18. The number of hydrogen-bond acceptors (Lipinski definition) is 5. The molecule has 7 heteroatoms. The lowest BCUT2D eigenvalue weighted by Gasteiger charge is -2.14. The monoisotopic (exact) mass is 319 g/mol. The van der Waals surface area contributed by atoms with Gasteiger partial charge in [-0.2, -0.15) is 0 Å². The van der Waals surface area contributed by atoms with Crippen LogP contribution in [0.25, 0.3) is 0 Å². The first-order valence-electron chi connectivity index (χ1n) is 6.68. The first-order valence-corrected chi connectivity index (χ1v) is 7.50. The molecule has 0 aliphatic carbocycles. The average molecular weight is 319 g/mol. The zero-order valence-corrected chi connectivity index (χ0v) is 13.4. The molecular weight excluding hydrogens is 302 g/mol. The van der Waals surface area contributed by atoms with Gasteiger partial charge in [0.1, 0.15) is 11.8 Å². The van der Waals surface area contributed by atoms with Gasteiger partial charge in [0.05, 0.1) is 12.7 Å². The molecule has 0 aliphatic heterocycles. The van der Waals surface area contributed by atoms with Gasteiger partial charge in [0, 0.05) is 11.1 Å². The summed E-state index contributed by atoms with van der Waals surface area (Å²) in [5.41, 5.74) is 0.384. The molecule has 1 heterocycles. The predicted molar refractivity (Wildman–Crippen MR) is 85.4 cm³/mol. The van der Waals surface area contributed by atoms with Crippen LogP contribution < -0.4 is 15.4 Å². The number of benzene rings is 1. The molecule has 2 aromatic rings. The molecule has 2 amide bonds. The van der Waals surface area contributed by atoms with Crippen molar-refractivity contribution in [1.29, 1.82) is 0 Å². The molecule has 2 N–H and O–H groups in total. The van der Waals surface area contributed by atoms with Gasteiger partial charge >= 0.3 is 0 Å². The zero-order valence-electron chi connectivity index (χ0n) is 12.5. The van der Waals surface area contributed by atoms with Crippen molar-refractivity contribution in [1.82, 2.24) is 10.3 Å². The summed E-state index contributed by atoms with van der Waals surface area (Å²) in [6.45, 7) is 3.52. The van der Waals surface area contributed by atoms with Gasteiger partial charge in [-0.25, -0.2) is 4.98 Å². The molecule has 0 unspecified atom stereocenters. The van der Waals surface area contributed by atoms with Crippen LogP contribution in [0.3, 0.4) is 0 Å². The summed E-state index contributed by atoms with van der Waals surface area (Å²) in [5.74, 6) is -0.226. The normalized spacial score (nSPS) is 11.6. The van der Waals surface area contributed by atoms with Crippen LogP contribution >= 0.6 is 11.3 Å². The Morgan fingerprint density at radius 3 is 2.68 bits per heavy atom. The molecule has 2 rings (SSSR count). The third-order valence-corrected chi connectivity index (χ3v) is 3.77. The Morgan fingerprint density at radius 1 is 1.32 bits per heavy atom. The van der Waals surface area contributed by atoms with Crippen molar-refractivity contribution in [2.45, 2.75) is 19.9 Å². The number of anilines is 1. The molecule has 6 nitrogen and oxygen atoms in total. The summed E-state index contributed by atoms with van der Waals surface area (Å²) in [5, 5.41) is 5.83. The van der Waals surface area contributed by atoms with Crippen molar-refractivity contribution in [2.24, 2.45) is 0 Å². The van der Waals surface area contributed by atoms with Crippen LogP contribution in [0.15, 0.2) is 30.5 Å². The van der Waals surface area contributed by atoms with Crippen molar-refractivity contribution in [2.75, 3.05) is 12.4 Å². The number of carbonyl (C=O) groups is 2. The minimum Gasteiger partial charge on any atom is -0.496 e. The lowest BCUT2D eigenvalue weighted by Crippen LogP contribution is -2.41. The summed E-state index contributed by atoms with van der Waals surface area (Å²) >= 11 is 1.38. The highest BCUT2D eigenvalue weighted by molar-refractivity contribution is 7.15. The van der Waals surface area contributed by atoms with Crippen LogP contribution in [0.1, 0.15) is 22.2 Å². The van der Waals surface area contributed by atoms with Crippen molar-refractivity contribution in [3.8, 4) is 5.75 Å². The SMILES string of the molecule is COc1ccccc1C(=O)N[C@@H](C)C(=O)Nc1ncc(C)s1. The number of nitrogens with zero attached hydrogens (tertiary/aromatic N) is 1. The summed E-state index contributed by atoms with van der Waals surface area (Å²) in [6.07, 6.45) is 1.68. The standard InChI is InChI=1S/C15H17N3O3S/c1-9-8-16-15(22-9)18-13(19)10(2)17-14(20)11-6-4-5-7-12(11)21-3/h4-8,10H,1-3H3,(H,17,20)(H,16,18,19)/t10-/m0/s1. The lowest BCUT2D eigenvalue weighted by atomic mass is 10.1. The Balaban J connectivity index is 2.00. The quantitative estimate of drug-likeness (QED) is 0.885. The summed E-state index contributed by atoms with van der Waals surface area (Å²) < 4.78 is 5.14. The Morgan fingerprint density at radius 2 is 2.05 bits per heavy atom. The molecule has 0 fully saturated rings. The maximum Gasteiger partial charge on any atom is 0.255 e. The van der Waals surface area contributed by atoms with Gasteiger partial charge in [0.2, 0.25) is 5.91 Å². The fourth-order valence-electron chi connectivity index (χ4n) is 1.80. The molecule has 0 saturated carbocycles. The van der Waals surface area contributed by atoms with E-state index >= 15 is 0 Å². The number of rotatable bonds is 5. The highest BCUT2D eigenvalue weighted by atomic mass is 32.1. The molecule has 1 aromatic heterocycles.